The molecule has 0 bridgehead atoms. The number of ether oxygens (including phenoxy) is 3. The van der Waals surface area contributed by atoms with E-state index < -0.39 is 0 Å². The summed E-state index contributed by atoms with van der Waals surface area (Å²) < 4.78 is 18.2. The Morgan fingerprint density at radius 2 is 1.97 bits per heavy atom. The average molecular weight is 442 g/mol. The first-order valence-corrected chi connectivity index (χ1v) is 11.3. The zero-order chi connectivity index (χ0) is 21.8. The van der Waals surface area contributed by atoms with Crippen molar-refractivity contribution in [1.82, 2.24) is 4.90 Å². The van der Waals surface area contributed by atoms with Crippen molar-refractivity contribution in [2.24, 2.45) is 5.92 Å². The number of hydrogen-bond donors (Lipinski definition) is 0. The molecule has 0 N–H and O–H groups in total. The maximum atomic E-state index is 12.7. The molecule has 31 heavy (non-hydrogen) atoms. The molecule has 2 aliphatic heterocycles. The van der Waals surface area contributed by atoms with E-state index in [4.69, 9.17) is 25.8 Å². The summed E-state index contributed by atoms with van der Waals surface area (Å²) in [6.07, 6.45) is 2.32. The average Bonchev–Trinajstić information content (AvgIpc) is 3.00. The summed E-state index contributed by atoms with van der Waals surface area (Å²) in [7, 11) is 3.87. The monoisotopic (exact) mass is 441 g/mol. The van der Waals surface area contributed by atoms with Gasteiger partial charge in [-0.1, -0.05) is 24.6 Å². The van der Waals surface area contributed by atoms with Crippen molar-refractivity contribution >= 4 is 17.6 Å². The lowest BCUT2D eigenvalue weighted by atomic mass is 9.59. The van der Waals surface area contributed by atoms with E-state index in [2.05, 4.69) is 24.9 Å². The molecule has 0 aromatic heterocycles. The number of hydrogen-bond acceptors (Lipinski definition) is 5. The van der Waals surface area contributed by atoms with Crippen molar-refractivity contribution in [2.45, 2.75) is 50.4 Å². The number of carbonyl (C=O) groups excluding carboxylic acids is 1. The smallest absolute Gasteiger partial charge is 0.338 e. The zero-order valence-electron chi connectivity index (χ0n) is 18.2. The van der Waals surface area contributed by atoms with Gasteiger partial charge in [-0.2, -0.15) is 0 Å². The third-order valence-corrected chi connectivity index (χ3v) is 7.65. The van der Waals surface area contributed by atoms with Gasteiger partial charge < -0.3 is 19.1 Å². The van der Waals surface area contributed by atoms with Crippen LogP contribution in [-0.2, 0) is 16.7 Å². The van der Waals surface area contributed by atoms with Gasteiger partial charge in [-0.3, -0.25) is 0 Å². The summed E-state index contributed by atoms with van der Waals surface area (Å²) >= 11 is 5.95. The summed E-state index contributed by atoms with van der Waals surface area (Å²) in [6, 6.07) is 11.0. The first kappa shape index (κ1) is 20.7. The Bertz CT molecular complexity index is 1010. The molecule has 2 unspecified atom stereocenters. The molecule has 164 valence electrons. The molecule has 3 aliphatic rings. The van der Waals surface area contributed by atoms with Gasteiger partial charge in [-0.15, -0.1) is 0 Å². The maximum absolute atomic E-state index is 12.7. The van der Waals surface area contributed by atoms with Crippen molar-refractivity contribution in [3.05, 3.63) is 58.1 Å². The van der Waals surface area contributed by atoms with Gasteiger partial charge in [0.25, 0.3) is 0 Å². The van der Waals surface area contributed by atoms with Crippen molar-refractivity contribution in [2.75, 3.05) is 20.7 Å². The largest absolute Gasteiger partial charge is 0.493 e. The van der Waals surface area contributed by atoms with Crippen LogP contribution in [0.4, 0.5) is 0 Å². The molecule has 2 aromatic rings. The molecule has 1 saturated carbocycles. The molecule has 6 heteroatoms. The van der Waals surface area contributed by atoms with E-state index in [0.29, 0.717) is 22.9 Å². The van der Waals surface area contributed by atoms with Gasteiger partial charge in [-0.05, 0) is 68.2 Å². The molecule has 0 saturated heterocycles. The highest BCUT2D eigenvalue weighted by Crippen LogP contribution is 2.59. The Labute approximate surface area is 188 Å². The fourth-order valence-electron chi connectivity index (χ4n) is 5.87. The summed E-state index contributed by atoms with van der Waals surface area (Å²) in [5.41, 5.74) is 3.08. The summed E-state index contributed by atoms with van der Waals surface area (Å²) in [5, 5.41) is 0.602. The lowest BCUT2D eigenvalue weighted by Crippen LogP contribution is -2.52. The summed E-state index contributed by atoms with van der Waals surface area (Å²) in [6.45, 7) is 4.20. The molecule has 2 aromatic carbocycles. The number of esters is 1. The molecule has 0 radical (unpaired) electrons. The molecular weight excluding hydrogens is 414 g/mol. The van der Waals surface area contributed by atoms with Crippen LogP contribution in [0.2, 0.25) is 5.02 Å². The van der Waals surface area contributed by atoms with Gasteiger partial charge in [-0.25, -0.2) is 4.79 Å². The van der Waals surface area contributed by atoms with Crippen LogP contribution in [0, 0.1) is 5.92 Å². The highest BCUT2D eigenvalue weighted by molar-refractivity contribution is 6.30. The van der Waals surface area contributed by atoms with Gasteiger partial charge in [0.05, 0.1) is 12.7 Å². The molecule has 5 rings (SSSR count). The molecule has 1 aliphatic carbocycles. The number of carbonyl (C=O) groups is 1. The highest BCUT2D eigenvalue weighted by atomic mass is 35.5. The summed E-state index contributed by atoms with van der Waals surface area (Å²) in [5.74, 6) is 1.68. The van der Waals surface area contributed by atoms with Crippen molar-refractivity contribution in [3.63, 3.8) is 0 Å². The molecule has 0 amide bonds. The van der Waals surface area contributed by atoms with Crippen molar-refractivity contribution in [1.29, 1.82) is 0 Å². The second-order valence-corrected chi connectivity index (χ2v) is 9.61. The topological polar surface area (TPSA) is 48.0 Å². The lowest BCUT2D eigenvalue weighted by Gasteiger charge is -2.46. The zero-order valence-corrected chi connectivity index (χ0v) is 18.9. The fourth-order valence-corrected chi connectivity index (χ4v) is 6.00. The molecule has 4 atom stereocenters. The normalized spacial score (nSPS) is 29.4. The van der Waals surface area contributed by atoms with Crippen LogP contribution in [0.3, 0.4) is 0 Å². The number of nitrogens with zero attached hydrogens (tertiary/aromatic N) is 1. The van der Waals surface area contributed by atoms with E-state index >= 15 is 0 Å². The highest BCUT2D eigenvalue weighted by Gasteiger charge is 2.58. The van der Waals surface area contributed by atoms with Crippen LogP contribution < -0.4 is 9.47 Å². The maximum Gasteiger partial charge on any atom is 0.338 e. The Balaban J connectivity index is 1.45. The van der Waals surface area contributed by atoms with Crippen LogP contribution in [0.5, 0.6) is 11.5 Å². The Morgan fingerprint density at radius 3 is 2.71 bits per heavy atom. The van der Waals surface area contributed by atoms with Gasteiger partial charge in [0.2, 0.25) is 0 Å². The molecular formula is C25H28ClNO4. The van der Waals surface area contributed by atoms with Crippen LogP contribution in [0.15, 0.2) is 36.4 Å². The number of rotatable bonds is 3. The predicted octanol–water partition coefficient (Wildman–Crippen LogP) is 4.84. The van der Waals surface area contributed by atoms with Crippen LogP contribution in [-0.4, -0.2) is 43.8 Å². The van der Waals surface area contributed by atoms with E-state index in [9.17, 15) is 4.79 Å². The van der Waals surface area contributed by atoms with E-state index in [0.717, 1.165) is 37.4 Å². The van der Waals surface area contributed by atoms with Crippen LogP contribution in [0.25, 0.3) is 0 Å². The molecule has 1 spiro atoms. The minimum Gasteiger partial charge on any atom is -0.493 e. The lowest BCUT2D eigenvalue weighted by molar-refractivity contribution is -0.0378. The van der Waals surface area contributed by atoms with Crippen molar-refractivity contribution in [3.8, 4) is 11.5 Å². The Morgan fingerprint density at radius 1 is 1.19 bits per heavy atom. The predicted molar refractivity (Wildman–Crippen MR) is 119 cm³/mol. The first-order valence-electron chi connectivity index (χ1n) is 10.9. The fraction of sp³-hybridized carbons (Fsp3) is 0.480. The van der Waals surface area contributed by atoms with Gasteiger partial charge in [0.1, 0.15) is 12.2 Å². The van der Waals surface area contributed by atoms with Crippen LogP contribution in [0.1, 0.15) is 47.7 Å². The Kier molecular flexibility index (Phi) is 5.14. The minimum absolute atomic E-state index is 0.0317. The van der Waals surface area contributed by atoms with Crippen LogP contribution >= 0.6 is 11.6 Å². The van der Waals surface area contributed by atoms with Gasteiger partial charge >= 0.3 is 5.97 Å². The number of halogens is 1. The second kappa shape index (κ2) is 7.72. The quantitative estimate of drug-likeness (QED) is 0.638. The first-order chi connectivity index (χ1) is 14.9. The van der Waals surface area contributed by atoms with E-state index in [1.165, 1.54) is 11.1 Å². The van der Waals surface area contributed by atoms with Gasteiger partial charge in [0, 0.05) is 29.0 Å². The standard InChI is InChI=1S/C25H28ClNO4/c1-15-12-19(30-24(28)16-4-7-18(26)8-5-16)13-21-25(15)10-11-27(2)14-17-6-9-20(29-3)23(31-21)22(17)25/h4-9,15,19,21H,10-14H2,1-3H3/t15?,19-,21?,25+/m0/s1. The van der Waals surface area contributed by atoms with Gasteiger partial charge in [0.15, 0.2) is 11.5 Å². The van der Waals surface area contributed by atoms with E-state index in [-0.39, 0.29) is 23.6 Å². The van der Waals surface area contributed by atoms with E-state index in [1.807, 2.05) is 6.07 Å². The van der Waals surface area contributed by atoms with E-state index in [1.54, 1.807) is 31.4 Å². The second-order valence-electron chi connectivity index (χ2n) is 9.17. The molecule has 5 nitrogen and oxygen atoms in total. The number of benzene rings is 2. The molecule has 1 fully saturated rings. The Hall–Kier alpha value is -2.24. The third-order valence-electron chi connectivity index (χ3n) is 7.40. The summed E-state index contributed by atoms with van der Waals surface area (Å²) in [4.78, 5) is 15.1. The minimum atomic E-state index is -0.306. The van der Waals surface area contributed by atoms with Crippen molar-refractivity contribution < 1.29 is 19.0 Å². The molecule has 2 heterocycles. The number of methoxy groups -OCH3 is 1. The third kappa shape index (κ3) is 3.30. The SMILES string of the molecule is COc1ccc2c3c1OC1C[C@@H](OC(=O)c4ccc(Cl)cc4)CC(C)[C@@]31CCN(C)C2.